The number of nitrogens with one attached hydrogen (secondary N) is 1. The molecular weight excluding hydrogens is 168 g/mol. The average molecular weight is 180 g/mol. The van der Waals surface area contributed by atoms with Gasteiger partial charge in [0.25, 0.3) is 0 Å². The van der Waals surface area contributed by atoms with Crippen LogP contribution in [0.2, 0.25) is 0 Å². The van der Waals surface area contributed by atoms with Gasteiger partial charge in [-0.3, -0.25) is 10.1 Å². The highest BCUT2D eigenvalue weighted by molar-refractivity contribution is 5.92. The van der Waals surface area contributed by atoms with E-state index in [2.05, 4.69) is 22.3 Å². The van der Waals surface area contributed by atoms with Crippen LogP contribution in [-0.4, -0.2) is 20.7 Å². The summed E-state index contributed by atoms with van der Waals surface area (Å²) < 4.78 is 1.55. The van der Waals surface area contributed by atoms with Gasteiger partial charge in [-0.05, 0) is 12.3 Å². The molecule has 1 N–H and O–H groups in total. The van der Waals surface area contributed by atoms with Gasteiger partial charge in [-0.15, -0.1) is 0 Å². The zero-order chi connectivity index (χ0) is 9.42. The van der Waals surface area contributed by atoms with E-state index in [1.165, 1.54) is 6.33 Å². The van der Waals surface area contributed by atoms with Crippen LogP contribution >= 0.6 is 0 Å². The normalized spacial score (nSPS) is 25.7. The Labute approximate surface area is 76.2 Å². The van der Waals surface area contributed by atoms with Crippen molar-refractivity contribution >= 4 is 11.9 Å². The topological polar surface area (TPSA) is 59.8 Å². The molecule has 0 unspecified atom stereocenters. The monoisotopic (exact) mass is 180 g/mol. The van der Waals surface area contributed by atoms with Crippen LogP contribution in [0.5, 0.6) is 0 Å². The fourth-order valence-corrected chi connectivity index (χ4v) is 1.30. The molecule has 13 heavy (non-hydrogen) atoms. The Morgan fingerprint density at radius 3 is 2.92 bits per heavy atom. The van der Waals surface area contributed by atoms with E-state index in [0.29, 0.717) is 11.9 Å². The molecule has 5 nitrogen and oxygen atoms in total. The van der Waals surface area contributed by atoms with Crippen molar-refractivity contribution < 1.29 is 4.79 Å². The van der Waals surface area contributed by atoms with Crippen molar-refractivity contribution in [2.45, 2.75) is 13.3 Å². The first-order chi connectivity index (χ1) is 6.18. The molecule has 0 spiro atoms. The Bertz CT molecular complexity index is 333. The van der Waals surface area contributed by atoms with Crippen molar-refractivity contribution in [1.82, 2.24) is 14.8 Å². The first kappa shape index (κ1) is 8.22. The van der Waals surface area contributed by atoms with Crippen LogP contribution in [0.25, 0.3) is 0 Å². The summed E-state index contributed by atoms with van der Waals surface area (Å²) in [6.07, 6.45) is 2.41. The third kappa shape index (κ3) is 1.54. The molecule has 70 valence electrons. The predicted molar refractivity (Wildman–Crippen MR) is 46.9 cm³/mol. The maximum atomic E-state index is 11.4. The number of amides is 1. The predicted octanol–water partition coefficient (Wildman–Crippen LogP) is 0.410. The lowest BCUT2D eigenvalue weighted by atomic mass is 10.3. The van der Waals surface area contributed by atoms with Crippen molar-refractivity contribution in [3.05, 3.63) is 6.33 Å². The maximum Gasteiger partial charge on any atom is 0.230 e. The van der Waals surface area contributed by atoms with Gasteiger partial charge in [0.15, 0.2) is 0 Å². The molecule has 1 fully saturated rings. The van der Waals surface area contributed by atoms with Crippen LogP contribution in [0.15, 0.2) is 6.33 Å². The van der Waals surface area contributed by atoms with Gasteiger partial charge >= 0.3 is 0 Å². The molecule has 1 amide bonds. The Kier molecular flexibility index (Phi) is 1.79. The fourth-order valence-electron chi connectivity index (χ4n) is 1.30. The van der Waals surface area contributed by atoms with E-state index in [-0.39, 0.29) is 11.8 Å². The lowest BCUT2D eigenvalue weighted by Crippen LogP contribution is -2.17. The minimum absolute atomic E-state index is 0.0589. The highest BCUT2D eigenvalue weighted by Crippen LogP contribution is 2.38. The zero-order valence-corrected chi connectivity index (χ0v) is 7.69. The summed E-state index contributed by atoms with van der Waals surface area (Å²) in [5.74, 6) is 1.28. The molecule has 1 aromatic heterocycles. The van der Waals surface area contributed by atoms with Gasteiger partial charge in [-0.25, -0.2) is 4.68 Å². The minimum Gasteiger partial charge on any atom is -0.294 e. The van der Waals surface area contributed by atoms with Crippen LogP contribution in [0.1, 0.15) is 13.3 Å². The molecule has 2 atom stereocenters. The summed E-state index contributed by atoms with van der Waals surface area (Å²) >= 11 is 0. The largest absolute Gasteiger partial charge is 0.294 e. The molecule has 0 aromatic carbocycles. The van der Waals surface area contributed by atoms with Gasteiger partial charge in [-0.1, -0.05) is 6.92 Å². The number of carbonyl (C=O) groups excluding carboxylic acids is 1. The Hall–Kier alpha value is -1.39. The van der Waals surface area contributed by atoms with Crippen LogP contribution in [0.3, 0.4) is 0 Å². The number of anilines is 1. The molecular formula is C8H12N4O. The second-order valence-corrected chi connectivity index (χ2v) is 3.52. The number of hydrogen-bond donors (Lipinski definition) is 1. The summed E-state index contributed by atoms with van der Waals surface area (Å²) in [6, 6.07) is 0. The van der Waals surface area contributed by atoms with Gasteiger partial charge < -0.3 is 0 Å². The Morgan fingerprint density at radius 2 is 2.46 bits per heavy atom. The van der Waals surface area contributed by atoms with E-state index in [4.69, 9.17) is 0 Å². The van der Waals surface area contributed by atoms with Crippen LogP contribution in [0, 0.1) is 11.8 Å². The van der Waals surface area contributed by atoms with E-state index in [9.17, 15) is 4.79 Å². The third-order valence-electron chi connectivity index (χ3n) is 2.39. The second-order valence-electron chi connectivity index (χ2n) is 3.52. The van der Waals surface area contributed by atoms with E-state index in [1.54, 1.807) is 11.7 Å². The van der Waals surface area contributed by atoms with Crippen LogP contribution < -0.4 is 5.32 Å². The summed E-state index contributed by atoms with van der Waals surface area (Å²) in [7, 11) is 1.75. The highest BCUT2D eigenvalue weighted by atomic mass is 16.2. The molecule has 1 aromatic rings. The molecule has 1 aliphatic carbocycles. The summed E-state index contributed by atoms with van der Waals surface area (Å²) in [5, 5.41) is 6.59. The molecule has 1 aliphatic rings. The smallest absolute Gasteiger partial charge is 0.230 e. The molecule has 1 saturated carbocycles. The van der Waals surface area contributed by atoms with Gasteiger partial charge in [0.2, 0.25) is 11.9 Å². The molecule has 2 rings (SSSR count). The quantitative estimate of drug-likeness (QED) is 0.717. The van der Waals surface area contributed by atoms with E-state index in [1.807, 2.05) is 0 Å². The molecule has 1 heterocycles. The van der Waals surface area contributed by atoms with E-state index in [0.717, 1.165) is 6.42 Å². The van der Waals surface area contributed by atoms with E-state index >= 15 is 0 Å². The maximum absolute atomic E-state index is 11.4. The lowest BCUT2D eigenvalue weighted by Gasteiger charge is -2.01. The summed E-state index contributed by atoms with van der Waals surface area (Å²) in [6.45, 7) is 2.07. The van der Waals surface area contributed by atoms with Gasteiger partial charge in [0.1, 0.15) is 6.33 Å². The number of rotatable bonds is 2. The number of hydrogen-bond acceptors (Lipinski definition) is 3. The first-order valence-corrected chi connectivity index (χ1v) is 4.33. The number of carbonyl (C=O) groups is 1. The van der Waals surface area contributed by atoms with E-state index < -0.39 is 0 Å². The van der Waals surface area contributed by atoms with Crippen molar-refractivity contribution in [2.75, 3.05) is 5.32 Å². The number of aryl methyl sites for hydroxylation is 1. The molecule has 0 radical (unpaired) electrons. The minimum atomic E-state index is 0.0589. The fraction of sp³-hybridized carbons (Fsp3) is 0.625. The van der Waals surface area contributed by atoms with Crippen molar-refractivity contribution in [2.24, 2.45) is 18.9 Å². The lowest BCUT2D eigenvalue weighted by molar-refractivity contribution is -0.117. The second kappa shape index (κ2) is 2.83. The van der Waals surface area contributed by atoms with Crippen molar-refractivity contribution in [3.63, 3.8) is 0 Å². The molecule has 0 aliphatic heterocycles. The SMILES string of the molecule is C[C@H]1C[C@@H]1C(=O)Nc1ncnn1C. The van der Waals surface area contributed by atoms with Crippen LogP contribution in [0.4, 0.5) is 5.95 Å². The first-order valence-electron chi connectivity index (χ1n) is 4.33. The van der Waals surface area contributed by atoms with Gasteiger partial charge in [0.05, 0.1) is 0 Å². The molecule has 0 saturated heterocycles. The Balaban J connectivity index is 1.99. The van der Waals surface area contributed by atoms with Crippen molar-refractivity contribution in [1.29, 1.82) is 0 Å². The Morgan fingerprint density at radius 1 is 1.77 bits per heavy atom. The van der Waals surface area contributed by atoms with Crippen molar-refractivity contribution in [3.8, 4) is 0 Å². The average Bonchev–Trinajstić information content (AvgIpc) is 2.68. The number of nitrogens with zero attached hydrogens (tertiary/aromatic N) is 3. The number of aromatic nitrogens is 3. The zero-order valence-electron chi connectivity index (χ0n) is 7.69. The summed E-state index contributed by atoms with van der Waals surface area (Å²) in [4.78, 5) is 15.4. The standard InChI is InChI=1S/C8H12N4O/c1-5-3-6(5)7(13)11-8-9-4-10-12(8)2/h4-6H,3H2,1-2H3,(H,9,10,11,13)/t5-,6-/m0/s1. The summed E-state index contributed by atoms with van der Waals surface area (Å²) in [5.41, 5.74) is 0. The third-order valence-corrected chi connectivity index (χ3v) is 2.39. The molecule has 0 bridgehead atoms. The van der Waals surface area contributed by atoms with Crippen LogP contribution in [-0.2, 0) is 11.8 Å². The highest BCUT2D eigenvalue weighted by Gasteiger charge is 2.39. The van der Waals surface area contributed by atoms with Gasteiger partial charge in [-0.2, -0.15) is 10.1 Å². The van der Waals surface area contributed by atoms with Gasteiger partial charge in [0, 0.05) is 13.0 Å². The molecule has 5 heteroatoms.